The zero-order valence-corrected chi connectivity index (χ0v) is 14.5. The van der Waals surface area contributed by atoms with Crippen LogP contribution in [0.3, 0.4) is 0 Å². The van der Waals surface area contributed by atoms with Gasteiger partial charge in [-0.3, -0.25) is 4.79 Å². The maximum absolute atomic E-state index is 12.6. The highest BCUT2D eigenvalue weighted by Gasteiger charge is 2.48. The molecule has 8 heteroatoms. The van der Waals surface area contributed by atoms with E-state index < -0.39 is 14.6 Å². The Morgan fingerprint density at radius 1 is 1.43 bits per heavy atom. The standard InChI is InChI=1S/C13H20N2O3S2.ClH/c1-10(11-4-3-9-19-11)15-12(16)13(20(2,17)18)5-7-14-8-6-13;/h3-4,9-10,14H,5-8H2,1-2H3,(H,15,16);1H. The fraction of sp³-hybridized carbons (Fsp3) is 0.615. The van der Waals surface area contributed by atoms with Crippen molar-refractivity contribution < 1.29 is 13.2 Å². The number of thiophene rings is 1. The Hall–Kier alpha value is -0.630. The maximum atomic E-state index is 12.6. The molecule has 120 valence electrons. The lowest BCUT2D eigenvalue weighted by atomic mass is 9.95. The van der Waals surface area contributed by atoms with Gasteiger partial charge in [-0.1, -0.05) is 6.07 Å². The second-order valence-electron chi connectivity index (χ2n) is 5.23. The van der Waals surface area contributed by atoms with Gasteiger partial charge in [-0.2, -0.15) is 0 Å². The van der Waals surface area contributed by atoms with Crippen molar-refractivity contribution in [1.29, 1.82) is 0 Å². The molecular weight excluding hydrogens is 332 g/mol. The Morgan fingerprint density at radius 3 is 2.52 bits per heavy atom. The Morgan fingerprint density at radius 2 is 2.05 bits per heavy atom. The van der Waals surface area contributed by atoms with E-state index in [0.29, 0.717) is 25.9 Å². The number of amides is 1. The summed E-state index contributed by atoms with van der Waals surface area (Å²) in [5, 5.41) is 7.91. The molecule has 1 aliphatic rings. The number of rotatable bonds is 4. The SMILES string of the molecule is CC(NC(=O)C1(S(C)(=O)=O)CCNCC1)c1cccs1.Cl. The van der Waals surface area contributed by atoms with Gasteiger partial charge in [0.2, 0.25) is 5.91 Å². The minimum Gasteiger partial charge on any atom is -0.347 e. The van der Waals surface area contributed by atoms with E-state index in [1.807, 2.05) is 24.4 Å². The molecule has 0 radical (unpaired) electrons. The molecule has 2 rings (SSSR count). The van der Waals surface area contributed by atoms with Gasteiger partial charge in [-0.05, 0) is 44.3 Å². The van der Waals surface area contributed by atoms with Crippen molar-refractivity contribution in [2.24, 2.45) is 0 Å². The van der Waals surface area contributed by atoms with Crippen LogP contribution in [0, 0.1) is 0 Å². The minimum absolute atomic E-state index is 0. The summed E-state index contributed by atoms with van der Waals surface area (Å²) in [6, 6.07) is 3.68. The van der Waals surface area contributed by atoms with Crippen LogP contribution in [0.5, 0.6) is 0 Å². The quantitative estimate of drug-likeness (QED) is 0.861. The van der Waals surface area contributed by atoms with Crippen LogP contribution in [0.1, 0.15) is 30.7 Å². The van der Waals surface area contributed by atoms with Gasteiger partial charge in [0.1, 0.15) is 0 Å². The van der Waals surface area contributed by atoms with Crippen molar-refractivity contribution in [3.05, 3.63) is 22.4 Å². The number of piperidine rings is 1. The number of hydrogen-bond donors (Lipinski definition) is 2. The smallest absolute Gasteiger partial charge is 0.242 e. The van der Waals surface area contributed by atoms with Crippen LogP contribution in [0.4, 0.5) is 0 Å². The number of sulfone groups is 1. The lowest BCUT2D eigenvalue weighted by molar-refractivity contribution is -0.125. The molecule has 0 aromatic carbocycles. The van der Waals surface area contributed by atoms with Gasteiger partial charge >= 0.3 is 0 Å². The fourth-order valence-electron chi connectivity index (χ4n) is 2.53. The molecular formula is C13H21ClN2O3S2. The summed E-state index contributed by atoms with van der Waals surface area (Å²) in [6.45, 7) is 2.97. The predicted molar refractivity (Wildman–Crippen MR) is 87.8 cm³/mol. The monoisotopic (exact) mass is 352 g/mol. The first-order valence-corrected chi connectivity index (χ1v) is 9.38. The summed E-state index contributed by atoms with van der Waals surface area (Å²) in [5.41, 5.74) is 0. The highest BCUT2D eigenvalue weighted by atomic mass is 35.5. The van der Waals surface area contributed by atoms with E-state index in [9.17, 15) is 13.2 Å². The van der Waals surface area contributed by atoms with Crippen molar-refractivity contribution in [3.8, 4) is 0 Å². The second-order valence-corrected chi connectivity index (χ2v) is 8.53. The Bertz CT molecular complexity index is 566. The lowest BCUT2D eigenvalue weighted by Gasteiger charge is -2.35. The van der Waals surface area contributed by atoms with E-state index in [4.69, 9.17) is 0 Å². The zero-order valence-electron chi connectivity index (χ0n) is 12.1. The highest BCUT2D eigenvalue weighted by molar-refractivity contribution is 7.92. The number of hydrogen-bond acceptors (Lipinski definition) is 5. The van der Waals surface area contributed by atoms with Crippen LogP contribution in [0.15, 0.2) is 17.5 Å². The molecule has 21 heavy (non-hydrogen) atoms. The normalized spacial score (nSPS) is 19.3. The fourth-order valence-corrected chi connectivity index (χ4v) is 4.61. The molecule has 1 unspecified atom stereocenters. The number of carbonyl (C=O) groups is 1. The molecule has 0 bridgehead atoms. The van der Waals surface area contributed by atoms with Gasteiger partial charge in [0.05, 0.1) is 6.04 Å². The van der Waals surface area contributed by atoms with E-state index >= 15 is 0 Å². The van der Waals surface area contributed by atoms with Gasteiger partial charge in [0, 0.05) is 11.1 Å². The van der Waals surface area contributed by atoms with E-state index in [2.05, 4.69) is 10.6 Å². The Kier molecular flexibility index (Phi) is 6.22. The van der Waals surface area contributed by atoms with Gasteiger partial charge in [-0.15, -0.1) is 23.7 Å². The second kappa shape index (κ2) is 7.09. The Labute approximate surface area is 135 Å². The molecule has 1 aromatic heterocycles. The largest absolute Gasteiger partial charge is 0.347 e. The highest BCUT2D eigenvalue weighted by Crippen LogP contribution is 2.29. The van der Waals surface area contributed by atoms with Crippen LogP contribution >= 0.6 is 23.7 Å². The molecule has 0 spiro atoms. The topological polar surface area (TPSA) is 75.3 Å². The summed E-state index contributed by atoms with van der Waals surface area (Å²) in [4.78, 5) is 13.6. The molecule has 0 aliphatic carbocycles. The van der Waals surface area contributed by atoms with Crippen LogP contribution in [0.25, 0.3) is 0 Å². The van der Waals surface area contributed by atoms with E-state index in [0.717, 1.165) is 11.1 Å². The molecule has 2 heterocycles. The number of carbonyl (C=O) groups excluding carboxylic acids is 1. The molecule has 1 amide bonds. The predicted octanol–water partition coefficient (Wildman–Crippen LogP) is 1.51. The Balaban J connectivity index is 0.00000220. The lowest BCUT2D eigenvalue weighted by Crippen LogP contribution is -2.57. The van der Waals surface area contributed by atoms with Crippen molar-refractivity contribution in [2.45, 2.75) is 30.6 Å². The average Bonchev–Trinajstić information content (AvgIpc) is 2.92. The van der Waals surface area contributed by atoms with Crippen molar-refractivity contribution in [2.75, 3.05) is 19.3 Å². The van der Waals surface area contributed by atoms with Crippen LogP contribution in [-0.2, 0) is 14.6 Å². The first-order chi connectivity index (χ1) is 9.37. The van der Waals surface area contributed by atoms with Crippen LogP contribution in [0.2, 0.25) is 0 Å². The van der Waals surface area contributed by atoms with Gasteiger partial charge < -0.3 is 10.6 Å². The summed E-state index contributed by atoms with van der Waals surface area (Å²) in [7, 11) is -3.45. The average molecular weight is 353 g/mol. The van der Waals surface area contributed by atoms with Crippen molar-refractivity contribution in [3.63, 3.8) is 0 Å². The van der Waals surface area contributed by atoms with Gasteiger partial charge in [-0.25, -0.2) is 8.42 Å². The summed E-state index contributed by atoms with van der Waals surface area (Å²) in [5.74, 6) is -0.373. The molecule has 1 saturated heterocycles. The summed E-state index contributed by atoms with van der Waals surface area (Å²) in [6.07, 6.45) is 1.82. The first-order valence-electron chi connectivity index (χ1n) is 6.61. The molecule has 1 fully saturated rings. The van der Waals surface area contributed by atoms with E-state index in [1.54, 1.807) is 11.3 Å². The number of nitrogens with one attached hydrogen (secondary N) is 2. The zero-order chi connectivity index (χ0) is 14.8. The molecule has 1 aromatic rings. The molecule has 2 N–H and O–H groups in total. The third-order valence-corrected chi connectivity index (χ3v) is 6.92. The van der Waals surface area contributed by atoms with Crippen LogP contribution in [-0.4, -0.2) is 38.4 Å². The van der Waals surface area contributed by atoms with Gasteiger partial charge in [0.25, 0.3) is 0 Å². The van der Waals surface area contributed by atoms with E-state index in [-0.39, 0.29) is 24.4 Å². The molecule has 5 nitrogen and oxygen atoms in total. The van der Waals surface area contributed by atoms with Crippen molar-refractivity contribution >= 4 is 39.5 Å². The summed E-state index contributed by atoms with van der Waals surface area (Å²) >= 11 is 1.55. The third-order valence-electron chi connectivity index (χ3n) is 3.85. The molecule has 0 saturated carbocycles. The first kappa shape index (κ1) is 18.4. The molecule has 1 atom stereocenters. The van der Waals surface area contributed by atoms with Gasteiger partial charge in [0.15, 0.2) is 14.6 Å². The van der Waals surface area contributed by atoms with Crippen LogP contribution < -0.4 is 10.6 Å². The summed E-state index contributed by atoms with van der Waals surface area (Å²) < 4.78 is 23.0. The third kappa shape index (κ3) is 3.77. The number of halogens is 1. The minimum atomic E-state index is -3.45. The van der Waals surface area contributed by atoms with Crippen molar-refractivity contribution in [1.82, 2.24) is 10.6 Å². The van der Waals surface area contributed by atoms with E-state index in [1.165, 1.54) is 0 Å². The maximum Gasteiger partial charge on any atom is 0.242 e. The molecule has 1 aliphatic heterocycles.